The lowest BCUT2D eigenvalue weighted by Crippen LogP contribution is -2.28. The summed E-state index contributed by atoms with van der Waals surface area (Å²) in [5.41, 5.74) is 31.3. The number of benzene rings is 12. The Morgan fingerprint density at radius 3 is 0.842 bits per heavy atom. The molecule has 0 fully saturated rings. The first-order valence-electron chi connectivity index (χ1n) is 34.0. The van der Waals surface area contributed by atoms with Crippen LogP contribution in [0.4, 0.5) is 34.1 Å². The molecule has 95 heavy (non-hydrogen) atoms. The molecule has 12 aromatic carbocycles. The monoisotopic (exact) mass is 1240 g/mol. The molecule has 0 radical (unpaired) electrons. The van der Waals surface area contributed by atoms with Gasteiger partial charge in [-0.25, -0.2) is 0 Å². The number of anilines is 6. The highest BCUT2D eigenvalue weighted by molar-refractivity contribution is 6.12. The van der Waals surface area contributed by atoms with Crippen LogP contribution >= 0.6 is 0 Å². The van der Waals surface area contributed by atoms with Gasteiger partial charge in [-0.05, 0) is 230 Å². The topological polar surface area (TPSA) is 11.4 Å². The molecule has 1 aliphatic rings. The van der Waals surface area contributed by atoms with Gasteiger partial charge < -0.3 is 14.4 Å². The van der Waals surface area contributed by atoms with E-state index in [-0.39, 0.29) is 21.7 Å². The second-order valence-electron chi connectivity index (χ2n) is 31.0. The molecule has 0 unspecified atom stereocenters. The smallest absolute Gasteiger partial charge is 0.0713 e. The summed E-state index contributed by atoms with van der Waals surface area (Å²) in [6, 6.07) is 102. The van der Waals surface area contributed by atoms with E-state index in [1.54, 1.807) is 0 Å². The van der Waals surface area contributed by atoms with E-state index >= 15 is 0 Å². The van der Waals surface area contributed by atoms with Gasteiger partial charge in [0.1, 0.15) is 0 Å². The number of rotatable bonds is 11. The van der Waals surface area contributed by atoms with Crippen molar-refractivity contribution in [2.45, 2.75) is 131 Å². The highest BCUT2D eigenvalue weighted by Gasteiger charge is 2.46. The Morgan fingerprint density at radius 2 is 0.537 bits per heavy atom. The van der Waals surface area contributed by atoms with Crippen LogP contribution in [-0.4, -0.2) is 4.57 Å². The normalized spacial score (nSPS) is 13.1. The molecule has 0 aliphatic heterocycles. The van der Waals surface area contributed by atoms with E-state index in [4.69, 9.17) is 0 Å². The molecule has 3 heteroatoms. The zero-order valence-corrected chi connectivity index (χ0v) is 58.2. The average molecular weight is 1240 g/mol. The van der Waals surface area contributed by atoms with E-state index in [1.807, 2.05) is 0 Å². The van der Waals surface area contributed by atoms with Gasteiger partial charge in [0.2, 0.25) is 0 Å². The van der Waals surface area contributed by atoms with Crippen molar-refractivity contribution < 1.29 is 0 Å². The lowest BCUT2D eigenvalue weighted by molar-refractivity contribution is 0.590. The number of hydrogen-bond donors (Lipinski definition) is 0. The minimum absolute atomic E-state index is 0.0490. The Balaban J connectivity index is 0.898. The summed E-state index contributed by atoms with van der Waals surface area (Å²) < 4.78 is 2.49. The van der Waals surface area contributed by atoms with E-state index in [9.17, 15) is 0 Å². The molecule has 13 aromatic rings. The highest BCUT2D eigenvalue weighted by atomic mass is 15.1. The molecule has 1 aliphatic carbocycles. The van der Waals surface area contributed by atoms with E-state index < -0.39 is 5.41 Å². The van der Waals surface area contributed by atoms with Crippen molar-refractivity contribution in [1.29, 1.82) is 0 Å². The van der Waals surface area contributed by atoms with Crippen LogP contribution in [0, 0.1) is 20.8 Å². The molecule has 0 spiro atoms. The third-order valence-electron chi connectivity index (χ3n) is 20.1. The first kappa shape index (κ1) is 62.5. The number of fused-ring (bicyclic) bond motifs is 6. The molecule has 14 rings (SSSR count). The van der Waals surface area contributed by atoms with Gasteiger partial charge in [0.05, 0.1) is 16.4 Å². The summed E-state index contributed by atoms with van der Waals surface area (Å²) in [6.07, 6.45) is 0. The molecule has 0 N–H and O–H groups in total. The largest absolute Gasteiger partial charge is 0.311 e. The fourth-order valence-electron chi connectivity index (χ4n) is 14.6. The van der Waals surface area contributed by atoms with E-state index in [1.165, 1.54) is 94.2 Å². The lowest BCUT2D eigenvalue weighted by Gasteiger charge is -2.34. The Morgan fingerprint density at radius 1 is 0.263 bits per heavy atom. The zero-order valence-electron chi connectivity index (χ0n) is 58.2. The second kappa shape index (κ2) is 23.5. The molecule has 472 valence electrons. The third-order valence-corrected chi connectivity index (χ3v) is 20.1. The van der Waals surface area contributed by atoms with Gasteiger partial charge in [0, 0.05) is 50.6 Å². The SMILES string of the molecule is Cc1ccc(C2(c3ccc(-n4c5ccc(-c6ccc(N(c7ccc(C(C)(C)C)cc7)c7ccc(C(C)(C)C)cc7)cc6)cc5c5cc(-c6ccc(N(c7ccc(C(C)(C)C)cc7)c7ccc(C(C)(C)C)cc7)cc6)ccc54)cc3)c3cc(C)ccc3-c3ccc(C)cc32)cc1. The summed E-state index contributed by atoms with van der Waals surface area (Å²) >= 11 is 0. The van der Waals surface area contributed by atoms with Gasteiger partial charge in [0.25, 0.3) is 0 Å². The van der Waals surface area contributed by atoms with Crippen molar-refractivity contribution in [3.05, 3.63) is 328 Å². The quantitative estimate of drug-likeness (QED) is 0.128. The maximum absolute atomic E-state index is 2.49. The zero-order chi connectivity index (χ0) is 66.5. The van der Waals surface area contributed by atoms with Gasteiger partial charge in [-0.1, -0.05) is 258 Å². The van der Waals surface area contributed by atoms with Crippen LogP contribution in [-0.2, 0) is 27.1 Å². The molecule has 0 atom stereocenters. The van der Waals surface area contributed by atoms with Crippen LogP contribution in [0.15, 0.2) is 267 Å². The van der Waals surface area contributed by atoms with Gasteiger partial charge in [-0.15, -0.1) is 0 Å². The van der Waals surface area contributed by atoms with Crippen LogP contribution in [0.1, 0.15) is 144 Å². The molecule has 1 heterocycles. The molecular weight excluding hydrogens is 1150 g/mol. The van der Waals surface area contributed by atoms with Crippen LogP contribution in [0.25, 0.3) is 60.9 Å². The van der Waals surface area contributed by atoms with Gasteiger partial charge in [0.15, 0.2) is 0 Å². The summed E-state index contributed by atoms with van der Waals surface area (Å²) in [4.78, 5) is 4.78. The van der Waals surface area contributed by atoms with Crippen LogP contribution in [0.3, 0.4) is 0 Å². The number of aromatic nitrogens is 1. The van der Waals surface area contributed by atoms with Crippen LogP contribution in [0.2, 0.25) is 0 Å². The Labute approximate surface area is 565 Å². The summed E-state index contributed by atoms with van der Waals surface area (Å²) in [7, 11) is 0. The molecular formula is C92H89N3. The molecule has 1 aromatic heterocycles. The highest BCUT2D eigenvalue weighted by Crippen LogP contribution is 2.57. The maximum atomic E-state index is 2.49. The van der Waals surface area contributed by atoms with Crippen molar-refractivity contribution >= 4 is 55.9 Å². The average Bonchev–Trinajstić information content (AvgIpc) is 1.55. The molecule has 0 amide bonds. The van der Waals surface area contributed by atoms with Crippen molar-refractivity contribution in [1.82, 2.24) is 4.57 Å². The van der Waals surface area contributed by atoms with Crippen molar-refractivity contribution in [3.8, 4) is 39.1 Å². The first-order valence-corrected chi connectivity index (χ1v) is 34.0. The Kier molecular flexibility index (Phi) is 15.5. The minimum Gasteiger partial charge on any atom is -0.311 e. The fourth-order valence-corrected chi connectivity index (χ4v) is 14.6. The maximum Gasteiger partial charge on any atom is 0.0713 e. The van der Waals surface area contributed by atoms with E-state index in [2.05, 4.69) is 385 Å². The Hall–Kier alpha value is -9.96. The minimum atomic E-state index is -0.514. The first-order chi connectivity index (χ1) is 45.3. The summed E-state index contributed by atoms with van der Waals surface area (Å²) in [6.45, 7) is 34.0. The van der Waals surface area contributed by atoms with E-state index in [0.717, 1.165) is 62.0 Å². The third kappa shape index (κ3) is 11.5. The Bertz CT molecular complexity index is 4590. The van der Waals surface area contributed by atoms with Crippen molar-refractivity contribution in [2.24, 2.45) is 0 Å². The van der Waals surface area contributed by atoms with Crippen LogP contribution < -0.4 is 9.80 Å². The van der Waals surface area contributed by atoms with E-state index in [0.29, 0.717) is 0 Å². The van der Waals surface area contributed by atoms with Gasteiger partial charge in [-0.2, -0.15) is 0 Å². The second-order valence-corrected chi connectivity index (χ2v) is 31.0. The summed E-state index contributed by atoms with van der Waals surface area (Å²) in [5.74, 6) is 0. The predicted molar refractivity (Wildman–Crippen MR) is 407 cm³/mol. The molecule has 0 saturated heterocycles. The van der Waals surface area contributed by atoms with Gasteiger partial charge in [-0.3, -0.25) is 0 Å². The fraction of sp³-hybridized carbons (Fsp3) is 0.217. The standard InChI is InChI=1S/C92H89N3/c1-60-16-26-71(27-17-60)92(84-56-61(2)18-52-80(84)81-53-19-62(3)57-85(81)92)72-36-50-79(51-37-72)95-86-54-24-65(63-20-38-73(39-21-63)93(75-42-28-67(29-43-75)88(4,5)6)76-44-30-68(31-45-76)89(7,8)9)58-82(86)83-59-66(25-55-87(83)95)64-22-40-74(41-23-64)94(77-46-32-69(33-47-77)90(10,11)12)78-48-34-70(35-49-78)91(13,14)15/h16-59H,1-15H3. The number of hydrogen-bond acceptors (Lipinski definition) is 2. The molecule has 3 nitrogen and oxygen atoms in total. The van der Waals surface area contributed by atoms with Crippen molar-refractivity contribution in [3.63, 3.8) is 0 Å². The predicted octanol–water partition coefficient (Wildman–Crippen LogP) is 25.5. The lowest BCUT2D eigenvalue weighted by atomic mass is 9.67. The van der Waals surface area contributed by atoms with Crippen LogP contribution in [0.5, 0.6) is 0 Å². The number of nitrogens with zero attached hydrogens (tertiary/aromatic N) is 3. The summed E-state index contributed by atoms with van der Waals surface area (Å²) in [5, 5.41) is 2.40. The molecule has 0 bridgehead atoms. The van der Waals surface area contributed by atoms with Gasteiger partial charge >= 0.3 is 0 Å². The number of aryl methyl sites for hydroxylation is 3. The molecule has 0 saturated carbocycles. The van der Waals surface area contributed by atoms with Crippen molar-refractivity contribution in [2.75, 3.05) is 9.80 Å².